The van der Waals surface area contributed by atoms with Crippen LogP contribution in [0.4, 0.5) is 0 Å². The normalized spacial score (nSPS) is 22.4. The van der Waals surface area contributed by atoms with Crippen LogP contribution in [-0.2, 0) is 6.54 Å². The molecule has 25 heavy (non-hydrogen) atoms. The van der Waals surface area contributed by atoms with E-state index in [9.17, 15) is 0 Å². The number of hydrazone groups is 1. The van der Waals surface area contributed by atoms with Crippen LogP contribution in [0.3, 0.4) is 0 Å². The van der Waals surface area contributed by atoms with Crippen molar-refractivity contribution in [1.82, 2.24) is 9.99 Å². The molecule has 0 radical (unpaired) electrons. The summed E-state index contributed by atoms with van der Waals surface area (Å²) in [6.45, 7) is 5.65. The number of rotatable bonds is 3. The Morgan fingerprint density at radius 2 is 2.24 bits per heavy atom. The highest BCUT2D eigenvalue weighted by molar-refractivity contribution is 7.98. The first-order chi connectivity index (χ1) is 12.1. The number of methoxy groups -OCH3 is 1. The van der Waals surface area contributed by atoms with Crippen LogP contribution in [0, 0.1) is 19.8 Å². The third-order valence-corrected chi connectivity index (χ3v) is 6.04. The zero-order chi connectivity index (χ0) is 17.6. The molecule has 132 valence electrons. The summed E-state index contributed by atoms with van der Waals surface area (Å²) in [6.07, 6.45) is 4.19. The van der Waals surface area contributed by atoms with Gasteiger partial charge in [0.15, 0.2) is 5.84 Å². The Morgan fingerprint density at radius 1 is 1.40 bits per heavy atom. The summed E-state index contributed by atoms with van der Waals surface area (Å²) in [5, 5.41) is 6.93. The summed E-state index contributed by atoms with van der Waals surface area (Å²) in [5.74, 6) is 2.91. The fourth-order valence-corrected chi connectivity index (χ4v) is 4.76. The van der Waals surface area contributed by atoms with E-state index in [-0.39, 0.29) is 0 Å². The number of pyridine rings is 1. The van der Waals surface area contributed by atoms with Gasteiger partial charge in [-0.05, 0) is 44.2 Å². The summed E-state index contributed by atoms with van der Waals surface area (Å²) in [5.41, 5.74) is 13.0. The first kappa shape index (κ1) is 16.4. The molecule has 1 aromatic rings. The zero-order valence-electron chi connectivity index (χ0n) is 14.9. The fourth-order valence-electron chi connectivity index (χ4n) is 4.02. The lowest BCUT2D eigenvalue weighted by molar-refractivity contribution is 0.235. The summed E-state index contributed by atoms with van der Waals surface area (Å²) in [7, 11) is 1.71. The predicted molar refractivity (Wildman–Crippen MR) is 102 cm³/mol. The van der Waals surface area contributed by atoms with Crippen LogP contribution in [0.1, 0.15) is 29.7 Å². The SMILES string of the molecule is COc1c(C)cnc(CN2CC3CCC4=C3C(=N2)C(N)=NSC4)c1C. The van der Waals surface area contributed by atoms with E-state index < -0.39 is 0 Å². The van der Waals surface area contributed by atoms with Crippen LogP contribution < -0.4 is 10.5 Å². The van der Waals surface area contributed by atoms with Gasteiger partial charge in [-0.25, -0.2) is 0 Å². The van der Waals surface area contributed by atoms with E-state index in [2.05, 4.69) is 21.3 Å². The molecule has 6 nitrogen and oxygen atoms in total. The number of nitrogens with zero attached hydrogens (tertiary/aromatic N) is 4. The van der Waals surface area contributed by atoms with E-state index in [4.69, 9.17) is 15.6 Å². The van der Waals surface area contributed by atoms with Crippen molar-refractivity contribution in [2.75, 3.05) is 19.4 Å². The number of amidine groups is 1. The first-order valence-electron chi connectivity index (χ1n) is 8.59. The quantitative estimate of drug-likeness (QED) is 0.842. The minimum atomic E-state index is 0.502. The van der Waals surface area contributed by atoms with E-state index in [0.717, 1.165) is 47.0 Å². The molecule has 0 spiro atoms. The lowest BCUT2D eigenvalue weighted by atomic mass is 9.93. The van der Waals surface area contributed by atoms with Crippen molar-refractivity contribution in [3.8, 4) is 5.75 Å². The fraction of sp³-hybridized carbons (Fsp3) is 0.500. The topological polar surface area (TPSA) is 76.1 Å². The molecule has 0 saturated carbocycles. The third-order valence-electron chi connectivity index (χ3n) is 5.24. The molecule has 3 heterocycles. The van der Waals surface area contributed by atoms with Gasteiger partial charge in [-0.3, -0.25) is 9.99 Å². The van der Waals surface area contributed by atoms with Gasteiger partial charge in [0.05, 0.1) is 19.3 Å². The molecule has 2 aliphatic heterocycles. The van der Waals surface area contributed by atoms with Crippen molar-refractivity contribution < 1.29 is 4.74 Å². The number of aromatic nitrogens is 1. The van der Waals surface area contributed by atoms with Crippen molar-refractivity contribution in [3.63, 3.8) is 0 Å². The molecule has 1 unspecified atom stereocenters. The molecule has 2 N–H and O–H groups in total. The first-order valence-corrected chi connectivity index (χ1v) is 9.53. The van der Waals surface area contributed by atoms with E-state index in [0.29, 0.717) is 18.3 Å². The number of nitrogens with two attached hydrogens (primary N) is 1. The van der Waals surface area contributed by atoms with Gasteiger partial charge in [0.1, 0.15) is 11.5 Å². The van der Waals surface area contributed by atoms with E-state index >= 15 is 0 Å². The summed E-state index contributed by atoms with van der Waals surface area (Å²) >= 11 is 1.54. The minimum absolute atomic E-state index is 0.502. The molecule has 0 fully saturated rings. The molecule has 7 heteroatoms. The highest BCUT2D eigenvalue weighted by Crippen LogP contribution is 2.40. The van der Waals surface area contributed by atoms with Gasteiger partial charge in [0.25, 0.3) is 0 Å². The summed E-state index contributed by atoms with van der Waals surface area (Å²) < 4.78 is 9.93. The van der Waals surface area contributed by atoms with Crippen molar-refractivity contribution in [2.24, 2.45) is 21.2 Å². The Labute approximate surface area is 152 Å². The van der Waals surface area contributed by atoms with Gasteiger partial charge >= 0.3 is 0 Å². The molecule has 0 saturated heterocycles. The molecular formula is C18H23N5OS. The van der Waals surface area contributed by atoms with E-state index in [1.807, 2.05) is 13.1 Å². The van der Waals surface area contributed by atoms with Crippen LogP contribution in [0.25, 0.3) is 0 Å². The van der Waals surface area contributed by atoms with Gasteiger partial charge in [0, 0.05) is 35.5 Å². The number of hydrogen-bond donors (Lipinski definition) is 1. The van der Waals surface area contributed by atoms with Gasteiger partial charge in [0.2, 0.25) is 0 Å². The molecule has 1 aromatic heterocycles. The Bertz CT molecular complexity index is 814. The monoisotopic (exact) mass is 357 g/mol. The molecule has 0 amide bonds. The second-order valence-electron chi connectivity index (χ2n) is 6.84. The van der Waals surface area contributed by atoms with Crippen LogP contribution in [-0.4, -0.2) is 40.9 Å². The Hall–Kier alpha value is -2.02. The lowest BCUT2D eigenvalue weighted by Crippen LogP contribution is -2.38. The molecular weight excluding hydrogens is 334 g/mol. The third kappa shape index (κ3) is 2.80. The van der Waals surface area contributed by atoms with Crippen molar-refractivity contribution in [1.29, 1.82) is 0 Å². The lowest BCUT2D eigenvalue weighted by Gasteiger charge is -2.31. The van der Waals surface area contributed by atoms with Gasteiger partial charge in [-0.2, -0.15) is 9.50 Å². The van der Waals surface area contributed by atoms with Crippen molar-refractivity contribution in [2.45, 2.75) is 33.2 Å². The standard InChI is InChI=1S/C18H23N5OS/c1-10-6-20-14(11(2)17(10)24-3)8-23-7-12-4-5-13-9-25-22-18(19)16(21-23)15(12)13/h6,12H,4-5,7-9H2,1-3H3,(H2,19,22). The Morgan fingerprint density at radius 3 is 3.04 bits per heavy atom. The molecule has 0 aromatic carbocycles. The Balaban J connectivity index is 1.67. The molecule has 3 aliphatic rings. The maximum atomic E-state index is 6.19. The van der Waals surface area contributed by atoms with Gasteiger partial charge in [-0.1, -0.05) is 5.57 Å². The number of aryl methyl sites for hydroxylation is 1. The number of hydrogen-bond acceptors (Lipinski definition) is 7. The highest BCUT2D eigenvalue weighted by Gasteiger charge is 2.36. The van der Waals surface area contributed by atoms with E-state index in [1.54, 1.807) is 19.1 Å². The van der Waals surface area contributed by atoms with Gasteiger partial charge in [-0.15, -0.1) is 0 Å². The van der Waals surface area contributed by atoms with Crippen LogP contribution in [0.15, 0.2) is 26.8 Å². The molecule has 1 atom stereocenters. The smallest absolute Gasteiger partial charge is 0.159 e. The average Bonchev–Trinajstić information content (AvgIpc) is 2.92. The van der Waals surface area contributed by atoms with Gasteiger partial charge < -0.3 is 10.5 Å². The van der Waals surface area contributed by atoms with Crippen molar-refractivity contribution >= 4 is 23.5 Å². The largest absolute Gasteiger partial charge is 0.496 e. The maximum Gasteiger partial charge on any atom is 0.159 e. The number of ether oxygens (including phenoxy) is 1. The molecule has 1 aliphatic carbocycles. The molecule has 0 bridgehead atoms. The van der Waals surface area contributed by atoms with Crippen LogP contribution in [0.2, 0.25) is 0 Å². The second kappa shape index (κ2) is 6.37. The van der Waals surface area contributed by atoms with Crippen LogP contribution in [0.5, 0.6) is 5.75 Å². The average molecular weight is 357 g/mol. The maximum absolute atomic E-state index is 6.19. The van der Waals surface area contributed by atoms with E-state index in [1.165, 1.54) is 17.6 Å². The summed E-state index contributed by atoms with van der Waals surface area (Å²) in [4.78, 5) is 4.61. The minimum Gasteiger partial charge on any atom is -0.496 e. The van der Waals surface area contributed by atoms with Crippen molar-refractivity contribution in [3.05, 3.63) is 34.2 Å². The predicted octanol–water partition coefficient (Wildman–Crippen LogP) is 2.60. The second-order valence-corrected chi connectivity index (χ2v) is 7.57. The molecule has 4 rings (SSSR count). The zero-order valence-corrected chi connectivity index (χ0v) is 15.7. The highest BCUT2D eigenvalue weighted by atomic mass is 32.2. The summed E-state index contributed by atoms with van der Waals surface area (Å²) in [6, 6.07) is 0. The Kier molecular flexibility index (Phi) is 4.19. The van der Waals surface area contributed by atoms with Crippen LogP contribution >= 0.6 is 11.9 Å².